The van der Waals surface area contributed by atoms with Gasteiger partial charge in [-0.15, -0.1) is 0 Å². The summed E-state index contributed by atoms with van der Waals surface area (Å²) in [7, 11) is 0. The molecule has 0 aliphatic heterocycles. The molecular formula is C13H18O3. The first-order valence-electron chi connectivity index (χ1n) is 5.58. The van der Waals surface area contributed by atoms with Gasteiger partial charge < -0.3 is 9.84 Å². The van der Waals surface area contributed by atoms with Gasteiger partial charge in [-0.1, -0.05) is 26.0 Å². The maximum atomic E-state index is 10.3. The summed E-state index contributed by atoms with van der Waals surface area (Å²) in [6, 6.07) is 7.85. The number of benzene rings is 1. The minimum Gasteiger partial charge on any atom is -0.493 e. The van der Waals surface area contributed by atoms with Crippen LogP contribution in [0.15, 0.2) is 24.3 Å². The topological polar surface area (TPSA) is 46.5 Å². The van der Waals surface area contributed by atoms with Crippen molar-refractivity contribution in [1.82, 2.24) is 0 Å². The molecule has 0 spiro atoms. The van der Waals surface area contributed by atoms with Crippen molar-refractivity contribution in [2.45, 2.75) is 32.6 Å². The molecule has 0 aliphatic rings. The van der Waals surface area contributed by atoms with Gasteiger partial charge in [0.1, 0.15) is 5.75 Å². The zero-order valence-corrected chi connectivity index (χ0v) is 9.77. The number of hydrogen-bond acceptors (Lipinski definition) is 2. The maximum absolute atomic E-state index is 10.3. The number of ether oxygens (including phenoxy) is 1. The minimum atomic E-state index is -0.837. The minimum absolute atomic E-state index is 0.0348. The van der Waals surface area contributed by atoms with Gasteiger partial charge in [-0.2, -0.15) is 0 Å². The molecule has 1 aromatic carbocycles. The lowest BCUT2D eigenvalue weighted by atomic mass is 9.99. The Morgan fingerprint density at radius 1 is 1.38 bits per heavy atom. The Morgan fingerprint density at radius 2 is 2.00 bits per heavy atom. The summed E-state index contributed by atoms with van der Waals surface area (Å²) < 4.78 is 5.30. The highest BCUT2D eigenvalue weighted by atomic mass is 16.5. The number of carboxylic acid groups (broad SMARTS) is 1. The van der Waals surface area contributed by atoms with Gasteiger partial charge in [-0.25, -0.2) is 0 Å². The van der Waals surface area contributed by atoms with Crippen molar-refractivity contribution in [3.8, 4) is 5.75 Å². The zero-order valence-electron chi connectivity index (χ0n) is 9.77. The maximum Gasteiger partial charge on any atom is 0.306 e. The van der Waals surface area contributed by atoms with Gasteiger partial charge in [0.2, 0.25) is 0 Å². The molecule has 3 nitrogen and oxygen atoms in total. The van der Waals surface area contributed by atoms with Crippen LogP contribution in [-0.4, -0.2) is 17.7 Å². The molecule has 1 N–H and O–H groups in total. The molecule has 16 heavy (non-hydrogen) atoms. The summed E-state index contributed by atoms with van der Waals surface area (Å²) in [5.74, 6) is 0.442. The summed E-state index contributed by atoms with van der Waals surface area (Å²) >= 11 is 0. The fourth-order valence-corrected chi connectivity index (χ4v) is 1.38. The lowest BCUT2D eigenvalue weighted by Crippen LogP contribution is -2.04. The van der Waals surface area contributed by atoms with Crippen LogP contribution in [0.4, 0.5) is 0 Å². The quantitative estimate of drug-likeness (QED) is 0.804. The van der Waals surface area contributed by atoms with E-state index in [1.165, 1.54) is 5.56 Å². The molecule has 1 rings (SSSR count). The Bertz CT molecular complexity index is 330. The lowest BCUT2D eigenvalue weighted by molar-refractivity contribution is -0.137. The van der Waals surface area contributed by atoms with Crippen LogP contribution < -0.4 is 4.74 Å². The van der Waals surface area contributed by atoms with Crippen LogP contribution in [0.3, 0.4) is 0 Å². The van der Waals surface area contributed by atoms with Gasteiger partial charge in [-0.3, -0.25) is 4.79 Å². The van der Waals surface area contributed by atoms with Gasteiger partial charge in [0.15, 0.2) is 0 Å². The predicted molar refractivity (Wildman–Crippen MR) is 62.9 cm³/mol. The summed E-state index contributed by atoms with van der Waals surface area (Å²) in [5, 5.41) is 8.46. The van der Waals surface area contributed by atoms with Crippen molar-refractivity contribution in [2.24, 2.45) is 0 Å². The predicted octanol–water partition coefficient (Wildman–Crippen LogP) is 3.05. The monoisotopic (exact) mass is 222 g/mol. The van der Waals surface area contributed by atoms with Gasteiger partial charge >= 0.3 is 5.97 Å². The highest BCUT2D eigenvalue weighted by Gasteiger charge is 2.03. The fourth-order valence-electron chi connectivity index (χ4n) is 1.38. The van der Waals surface area contributed by atoms with E-state index in [4.69, 9.17) is 9.84 Å². The number of aliphatic carboxylic acids is 1. The number of carboxylic acids is 1. The van der Waals surface area contributed by atoms with Crippen molar-refractivity contribution >= 4 is 5.97 Å². The third-order valence-electron chi connectivity index (χ3n) is 2.65. The molecule has 0 saturated carbocycles. The molecule has 0 aromatic heterocycles. The van der Waals surface area contributed by atoms with Crippen molar-refractivity contribution in [2.75, 3.05) is 6.61 Å². The molecule has 0 fully saturated rings. The molecule has 1 aromatic rings. The SMILES string of the molecule is CCC(C)c1ccc(OCCC(=O)O)cc1. The van der Waals surface area contributed by atoms with Crippen molar-refractivity contribution < 1.29 is 14.6 Å². The third-order valence-corrected chi connectivity index (χ3v) is 2.65. The molecule has 0 bridgehead atoms. The van der Waals surface area contributed by atoms with Crippen LogP contribution in [0.5, 0.6) is 5.75 Å². The van der Waals surface area contributed by atoms with Crippen molar-refractivity contribution in [1.29, 1.82) is 0 Å². The Morgan fingerprint density at radius 3 is 2.50 bits per heavy atom. The average Bonchev–Trinajstić information content (AvgIpc) is 2.28. The van der Waals surface area contributed by atoms with E-state index < -0.39 is 5.97 Å². The molecule has 3 heteroatoms. The number of carbonyl (C=O) groups is 1. The Balaban J connectivity index is 2.48. The molecule has 88 valence electrons. The van der Waals surface area contributed by atoms with E-state index in [0.717, 1.165) is 12.2 Å². The summed E-state index contributed by atoms with van der Waals surface area (Å²) in [6.07, 6.45) is 1.15. The van der Waals surface area contributed by atoms with E-state index in [2.05, 4.69) is 13.8 Å². The second-order valence-electron chi connectivity index (χ2n) is 3.87. The van der Waals surface area contributed by atoms with Gasteiger partial charge in [0.05, 0.1) is 13.0 Å². The molecule has 0 aliphatic carbocycles. The average molecular weight is 222 g/mol. The highest BCUT2D eigenvalue weighted by Crippen LogP contribution is 2.21. The molecule has 0 amide bonds. The normalized spacial score (nSPS) is 12.1. The van der Waals surface area contributed by atoms with E-state index >= 15 is 0 Å². The van der Waals surface area contributed by atoms with E-state index in [-0.39, 0.29) is 13.0 Å². The van der Waals surface area contributed by atoms with Crippen LogP contribution in [0.2, 0.25) is 0 Å². The van der Waals surface area contributed by atoms with Gasteiger partial charge in [0.25, 0.3) is 0 Å². The fraction of sp³-hybridized carbons (Fsp3) is 0.462. The van der Waals surface area contributed by atoms with Crippen molar-refractivity contribution in [3.63, 3.8) is 0 Å². The van der Waals surface area contributed by atoms with Crippen LogP contribution in [0.1, 0.15) is 38.2 Å². The van der Waals surface area contributed by atoms with E-state index in [1.807, 2.05) is 24.3 Å². The summed E-state index contributed by atoms with van der Waals surface area (Å²) in [5.41, 5.74) is 1.29. The van der Waals surface area contributed by atoms with Gasteiger partial charge in [0, 0.05) is 0 Å². The summed E-state index contributed by atoms with van der Waals surface area (Å²) in [4.78, 5) is 10.3. The second kappa shape index (κ2) is 6.16. The zero-order chi connectivity index (χ0) is 12.0. The molecule has 1 unspecified atom stereocenters. The van der Waals surface area contributed by atoms with Crippen LogP contribution >= 0.6 is 0 Å². The Labute approximate surface area is 96.1 Å². The molecule has 0 heterocycles. The first kappa shape index (κ1) is 12.6. The third kappa shape index (κ3) is 3.93. The van der Waals surface area contributed by atoms with E-state index in [9.17, 15) is 4.79 Å². The largest absolute Gasteiger partial charge is 0.493 e. The van der Waals surface area contributed by atoms with Crippen LogP contribution in [-0.2, 0) is 4.79 Å². The Kier molecular flexibility index (Phi) is 4.83. The van der Waals surface area contributed by atoms with Crippen molar-refractivity contribution in [3.05, 3.63) is 29.8 Å². The first-order valence-corrected chi connectivity index (χ1v) is 5.58. The Hall–Kier alpha value is -1.51. The standard InChI is InChI=1S/C13H18O3/c1-3-10(2)11-4-6-12(7-5-11)16-9-8-13(14)15/h4-7,10H,3,8-9H2,1-2H3,(H,14,15). The molecule has 0 saturated heterocycles. The molecule has 1 atom stereocenters. The summed E-state index contributed by atoms with van der Waals surface area (Å²) in [6.45, 7) is 4.56. The number of hydrogen-bond donors (Lipinski definition) is 1. The highest BCUT2D eigenvalue weighted by molar-refractivity contribution is 5.66. The lowest BCUT2D eigenvalue weighted by Gasteiger charge is -2.10. The molecule has 0 radical (unpaired) electrons. The van der Waals surface area contributed by atoms with E-state index in [1.54, 1.807) is 0 Å². The first-order chi connectivity index (χ1) is 7.63. The van der Waals surface area contributed by atoms with Gasteiger partial charge in [-0.05, 0) is 30.0 Å². The number of rotatable bonds is 6. The smallest absolute Gasteiger partial charge is 0.306 e. The van der Waals surface area contributed by atoms with Crippen LogP contribution in [0.25, 0.3) is 0 Å². The second-order valence-corrected chi connectivity index (χ2v) is 3.87. The van der Waals surface area contributed by atoms with E-state index in [0.29, 0.717) is 5.92 Å². The molecular weight excluding hydrogens is 204 g/mol. The van der Waals surface area contributed by atoms with Crippen LogP contribution in [0, 0.1) is 0 Å².